The number of hydrogen-bond donors (Lipinski definition) is 2. The van der Waals surface area contributed by atoms with Gasteiger partial charge in [0, 0.05) is 21.0 Å². The number of carbonyl (C=O) groups excluding carboxylic acids is 1. The molecule has 0 spiro atoms. The van der Waals surface area contributed by atoms with Gasteiger partial charge < -0.3 is 5.32 Å². The molecule has 0 saturated carbocycles. The molecule has 0 fully saturated rings. The van der Waals surface area contributed by atoms with Crippen LogP contribution < -0.4 is 20.8 Å². The standard InChI is InChI=1S/C19H12BrN3O2S/c20-13-5-3-6-14(10-13)21-17-16(26-19(25)23-17)9-12-8-11-4-1-2-7-15(11)22-18(12)24/h1-10,21H,(H,23,25). The number of rotatable bonds is 3. The molecule has 4 rings (SSSR count). The number of hydrogen-bond acceptors (Lipinski definition) is 4. The molecule has 2 aromatic carbocycles. The van der Waals surface area contributed by atoms with Crippen molar-refractivity contribution in [1.82, 2.24) is 4.98 Å². The summed E-state index contributed by atoms with van der Waals surface area (Å²) in [5.74, 6) is 0.226. The Morgan fingerprint density at radius 2 is 1.96 bits per heavy atom. The Kier molecular flexibility index (Phi) is 4.40. The first-order valence-electron chi connectivity index (χ1n) is 7.76. The van der Waals surface area contributed by atoms with Gasteiger partial charge in [-0.25, -0.2) is 4.99 Å². The van der Waals surface area contributed by atoms with E-state index in [1.54, 1.807) is 18.2 Å². The fourth-order valence-electron chi connectivity index (χ4n) is 2.60. The van der Waals surface area contributed by atoms with E-state index < -0.39 is 0 Å². The first-order valence-corrected chi connectivity index (χ1v) is 9.37. The molecule has 128 valence electrons. The summed E-state index contributed by atoms with van der Waals surface area (Å²) in [6.07, 6.45) is 3.47. The molecule has 0 saturated heterocycles. The molecular weight excluding hydrogens is 414 g/mol. The maximum absolute atomic E-state index is 12.3. The van der Waals surface area contributed by atoms with E-state index in [0.29, 0.717) is 21.6 Å². The quantitative estimate of drug-likeness (QED) is 0.633. The summed E-state index contributed by atoms with van der Waals surface area (Å²) in [5, 5.41) is 4.72. The number of carbonyl (C=O) groups is 1. The lowest BCUT2D eigenvalue weighted by molar-refractivity contribution is -0.114. The lowest BCUT2D eigenvalue weighted by Gasteiger charge is -2.07. The Balaban J connectivity index is 1.75. The van der Waals surface area contributed by atoms with Gasteiger partial charge in [-0.3, -0.25) is 14.6 Å². The second-order valence-corrected chi connectivity index (χ2v) is 7.54. The van der Waals surface area contributed by atoms with Crippen LogP contribution in [0.2, 0.25) is 0 Å². The molecule has 2 heterocycles. The number of para-hydroxylation sites is 1. The van der Waals surface area contributed by atoms with Crippen LogP contribution in [0.4, 0.5) is 11.5 Å². The lowest BCUT2D eigenvalue weighted by atomic mass is 10.1. The van der Waals surface area contributed by atoms with Crippen molar-refractivity contribution in [3.05, 3.63) is 83.7 Å². The van der Waals surface area contributed by atoms with E-state index in [2.05, 4.69) is 31.2 Å². The molecule has 26 heavy (non-hydrogen) atoms. The molecule has 5 nitrogen and oxygen atoms in total. The third kappa shape index (κ3) is 3.44. The first kappa shape index (κ1) is 16.7. The van der Waals surface area contributed by atoms with Gasteiger partial charge in [-0.15, -0.1) is 0 Å². The fraction of sp³-hybridized carbons (Fsp3) is 0. The van der Waals surface area contributed by atoms with Crippen LogP contribution in [0.3, 0.4) is 0 Å². The normalized spacial score (nSPS) is 14.5. The van der Waals surface area contributed by atoms with Crippen molar-refractivity contribution < 1.29 is 4.79 Å². The molecule has 1 aliphatic heterocycles. The Bertz CT molecular complexity index is 1220. The van der Waals surface area contributed by atoms with E-state index in [1.165, 1.54) is 0 Å². The minimum Gasteiger partial charge on any atom is -0.340 e. The summed E-state index contributed by atoms with van der Waals surface area (Å²) in [5.41, 5.74) is 1.26. The Labute approximate surface area is 160 Å². The zero-order valence-electron chi connectivity index (χ0n) is 13.3. The van der Waals surface area contributed by atoms with Crippen molar-refractivity contribution in [3.8, 4) is 0 Å². The molecule has 0 atom stereocenters. The third-order valence-electron chi connectivity index (χ3n) is 3.77. The highest BCUT2D eigenvalue weighted by atomic mass is 79.9. The van der Waals surface area contributed by atoms with Gasteiger partial charge in [-0.05, 0) is 36.4 Å². The highest BCUT2D eigenvalue weighted by Gasteiger charge is 2.13. The minimum atomic E-state index is -0.321. The zero-order valence-corrected chi connectivity index (χ0v) is 15.7. The van der Waals surface area contributed by atoms with E-state index in [-0.39, 0.29) is 10.8 Å². The van der Waals surface area contributed by atoms with Gasteiger partial charge in [0.15, 0.2) is 0 Å². The van der Waals surface area contributed by atoms with Crippen LogP contribution in [0.5, 0.6) is 0 Å². The smallest absolute Gasteiger partial charge is 0.306 e. The number of anilines is 2. The number of aromatic amines is 1. The maximum atomic E-state index is 12.3. The van der Waals surface area contributed by atoms with E-state index in [0.717, 1.165) is 26.7 Å². The summed E-state index contributed by atoms with van der Waals surface area (Å²) in [6, 6.07) is 15.0. The second-order valence-electron chi connectivity index (χ2n) is 5.61. The molecule has 2 N–H and O–H groups in total. The molecule has 0 bridgehead atoms. The third-order valence-corrected chi connectivity index (χ3v) is 5.10. The van der Waals surface area contributed by atoms with Gasteiger partial charge in [0.05, 0.1) is 10.2 Å². The highest BCUT2D eigenvalue weighted by Crippen LogP contribution is 2.25. The Morgan fingerprint density at radius 3 is 2.81 bits per heavy atom. The molecule has 1 aliphatic rings. The van der Waals surface area contributed by atoms with Gasteiger partial charge in [0.1, 0.15) is 5.82 Å². The van der Waals surface area contributed by atoms with E-state index >= 15 is 0 Å². The summed E-state index contributed by atoms with van der Waals surface area (Å²) in [6.45, 7) is 0. The number of benzene rings is 2. The van der Waals surface area contributed by atoms with Crippen LogP contribution in [0.25, 0.3) is 12.2 Å². The number of nitrogens with one attached hydrogen (secondary N) is 2. The molecule has 1 aromatic heterocycles. The van der Waals surface area contributed by atoms with Gasteiger partial charge in [-0.2, -0.15) is 0 Å². The Morgan fingerprint density at radius 1 is 1.12 bits per heavy atom. The Hall–Kier alpha value is -2.77. The van der Waals surface area contributed by atoms with E-state index in [4.69, 9.17) is 0 Å². The van der Waals surface area contributed by atoms with Crippen molar-refractivity contribution in [2.24, 2.45) is 4.99 Å². The van der Waals surface area contributed by atoms with Crippen LogP contribution in [-0.2, 0) is 4.79 Å². The number of H-pyrrole nitrogens is 1. The molecule has 0 radical (unpaired) electrons. The molecule has 7 heteroatoms. The number of halogens is 1. The summed E-state index contributed by atoms with van der Waals surface area (Å²) >= 11 is 4.46. The minimum absolute atomic E-state index is 0.199. The van der Waals surface area contributed by atoms with Gasteiger partial charge in [0.2, 0.25) is 0 Å². The number of thiazole rings is 1. The van der Waals surface area contributed by atoms with Crippen LogP contribution in [0.1, 0.15) is 4.88 Å². The average molecular weight is 426 g/mol. The van der Waals surface area contributed by atoms with Crippen LogP contribution >= 0.6 is 27.3 Å². The van der Waals surface area contributed by atoms with Crippen molar-refractivity contribution >= 4 is 56.8 Å². The van der Waals surface area contributed by atoms with Gasteiger partial charge in [-0.1, -0.05) is 51.5 Å². The van der Waals surface area contributed by atoms with Crippen LogP contribution in [-0.4, -0.2) is 10.9 Å². The molecule has 0 aliphatic carbocycles. The van der Waals surface area contributed by atoms with Gasteiger partial charge >= 0.3 is 4.87 Å². The van der Waals surface area contributed by atoms with Crippen LogP contribution in [0.15, 0.2) is 68.4 Å². The predicted octanol–water partition coefficient (Wildman–Crippen LogP) is 2.97. The zero-order chi connectivity index (χ0) is 18.1. The molecular formula is C19H12BrN3O2S. The summed E-state index contributed by atoms with van der Waals surface area (Å²) in [7, 11) is 0. The largest absolute Gasteiger partial charge is 0.340 e. The monoisotopic (exact) mass is 425 g/mol. The SMILES string of the molecule is O=C1N=c2ccccc2=CC1=Cc1sc(=O)[nH]c1Nc1cccc(Br)c1. The van der Waals surface area contributed by atoms with Crippen molar-refractivity contribution in [2.45, 2.75) is 0 Å². The van der Waals surface area contributed by atoms with E-state index in [1.807, 2.05) is 42.5 Å². The lowest BCUT2D eigenvalue weighted by Crippen LogP contribution is -2.29. The summed E-state index contributed by atoms with van der Waals surface area (Å²) in [4.78, 5) is 31.5. The van der Waals surface area contributed by atoms with Crippen LogP contribution in [0, 0.1) is 0 Å². The number of nitrogens with zero attached hydrogens (tertiary/aromatic N) is 1. The molecule has 0 unspecified atom stereocenters. The highest BCUT2D eigenvalue weighted by molar-refractivity contribution is 9.10. The van der Waals surface area contributed by atoms with Gasteiger partial charge in [0.25, 0.3) is 5.91 Å². The first-order chi connectivity index (χ1) is 12.6. The number of fused-ring (bicyclic) bond motifs is 1. The number of aromatic nitrogens is 1. The second kappa shape index (κ2) is 6.86. The molecule has 3 aromatic rings. The maximum Gasteiger partial charge on any atom is 0.306 e. The summed E-state index contributed by atoms with van der Waals surface area (Å²) < 4.78 is 0.922. The predicted molar refractivity (Wildman–Crippen MR) is 107 cm³/mol. The topological polar surface area (TPSA) is 74.3 Å². The fourth-order valence-corrected chi connectivity index (χ4v) is 3.75. The van der Waals surface area contributed by atoms with Crippen molar-refractivity contribution in [1.29, 1.82) is 0 Å². The molecule has 1 amide bonds. The van der Waals surface area contributed by atoms with Crippen molar-refractivity contribution in [3.63, 3.8) is 0 Å². The van der Waals surface area contributed by atoms with E-state index in [9.17, 15) is 9.59 Å². The average Bonchev–Trinajstić information content (AvgIpc) is 2.94. The number of amides is 1. The van der Waals surface area contributed by atoms with Crippen molar-refractivity contribution in [2.75, 3.05) is 5.32 Å².